The lowest BCUT2D eigenvalue weighted by molar-refractivity contribution is 0.399. The summed E-state index contributed by atoms with van der Waals surface area (Å²) in [6.07, 6.45) is 1.81. The van der Waals surface area contributed by atoms with Crippen molar-refractivity contribution in [1.82, 2.24) is 25.6 Å². The fourth-order valence-electron chi connectivity index (χ4n) is 2.22. The zero-order chi connectivity index (χ0) is 14.4. The van der Waals surface area contributed by atoms with Crippen molar-refractivity contribution >= 4 is 0 Å². The Hall–Kier alpha value is -1.79. The first kappa shape index (κ1) is 14.6. The van der Waals surface area contributed by atoms with Crippen LogP contribution in [-0.4, -0.2) is 20.2 Å². The lowest BCUT2D eigenvalue weighted by Crippen LogP contribution is -2.31. The molecule has 3 N–H and O–H groups in total. The number of hydrogen-bond donors (Lipinski definition) is 2. The second-order valence-electron chi connectivity index (χ2n) is 5.34. The van der Waals surface area contributed by atoms with E-state index in [1.807, 2.05) is 22.9 Å². The molecule has 1 atom stereocenters. The second kappa shape index (κ2) is 7.12. The summed E-state index contributed by atoms with van der Waals surface area (Å²) >= 11 is 0. The molecule has 6 heteroatoms. The highest BCUT2D eigenvalue weighted by molar-refractivity contribution is 5.14. The van der Waals surface area contributed by atoms with Gasteiger partial charge in [0.2, 0.25) is 0 Å². The maximum absolute atomic E-state index is 5.63. The van der Waals surface area contributed by atoms with Gasteiger partial charge in [-0.1, -0.05) is 44.2 Å². The molecule has 20 heavy (non-hydrogen) atoms. The van der Waals surface area contributed by atoms with Crippen LogP contribution in [0.1, 0.15) is 37.7 Å². The van der Waals surface area contributed by atoms with Gasteiger partial charge in [-0.2, -0.15) is 0 Å². The van der Waals surface area contributed by atoms with Crippen molar-refractivity contribution in [2.24, 2.45) is 11.8 Å². The van der Waals surface area contributed by atoms with Crippen LogP contribution in [0, 0.1) is 5.92 Å². The van der Waals surface area contributed by atoms with E-state index >= 15 is 0 Å². The van der Waals surface area contributed by atoms with Crippen molar-refractivity contribution in [3.05, 3.63) is 41.7 Å². The van der Waals surface area contributed by atoms with Gasteiger partial charge in [0.25, 0.3) is 0 Å². The minimum Gasteiger partial charge on any atom is -0.271 e. The van der Waals surface area contributed by atoms with E-state index in [-0.39, 0.29) is 6.04 Å². The summed E-state index contributed by atoms with van der Waals surface area (Å²) in [5, 5.41) is 12.0. The van der Waals surface area contributed by atoms with Gasteiger partial charge in [-0.05, 0) is 34.7 Å². The number of nitrogens with one attached hydrogen (secondary N) is 1. The molecule has 0 aliphatic heterocycles. The Morgan fingerprint density at radius 1 is 1.25 bits per heavy atom. The zero-order valence-corrected chi connectivity index (χ0v) is 12.0. The maximum Gasteiger partial charge on any atom is 0.169 e. The molecule has 0 saturated carbocycles. The van der Waals surface area contributed by atoms with E-state index in [0.29, 0.717) is 5.92 Å². The highest BCUT2D eigenvalue weighted by atomic mass is 15.5. The van der Waals surface area contributed by atoms with Gasteiger partial charge in [-0.3, -0.25) is 5.84 Å². The van der Waals surface area contributed by atoms with Gasteiger partial charge < -0.3 is 0 Å². The van der Waals surface area contributed by atoms with E-state index in [2.05, 4.69) is 46.9 Å². The van der Waals surface area contributed by atoms with Crippen molar-refractivity contribution in [2.75, 3.05) is 0 Å². The summed E-state index contributed by atoms with van der Waals surface area (Å²) in [7, 11) is 0. The van der Waals surface area contributed by atoms with Crippen molar-refractivity contribution < 1.29 is 0 Å². The Labute approximate surface area is 119 Å². The number of aromatic nitrogens is 4. The third-order valence-corrected chi connectivity index (χ3v) is 3.23. The van der Waals surface area contributed by atoms with Crippen LogP contribution in [0.2, 0.25) is 0 Å². The molecule has 0 spiro atoms. The number of hydrogen-bond acceptors (Lipinski definition) is 5. The summed E-state index contributed by atoms with van der Waals surface area (Å²) in [5.74, 6) is 6.96. The molecule has 1 heterocycles. The van der Waals surface area contributed by atoms with Crippen LogP contribution in [0.3, 0.4) is 0 Å². The highest BCUT2D eigenvalue weighted by Gasteiger charge is 2.18. The highest BCUT2D eigenvalue weighted by Crippen LogP contribution is 2.18. The molecule has 1 unspecified atom stereocenters. The number of nitrogens with zero attached hydrogens (tertiary/aromatic N) is 4. The van der Waals surface area contributed by atoms with Crippen LogP contribution in [0.4, 0.5) is 0 Å². The molecule has 2 rings (SSSR count). The van der Waals surface area contributed by atoms with Gasteiger partial charge in [0.1, 0.15) is 0 Å². The predicted molar refractivity (Wildman–Crippen MR) is 77.5 cm³/mol. The molecule has 1 aromatic heterocycles. The van der Waals surface area contributed by atoms with E-state index in [1.54, 1.807) is 0 Å². The van der Waals surface area contributed by atoms with Gasteiger partial charge in [0, 0.05) is 6.54 Å². The summed E-state index contributed by atoms with van der Waals surface area (Å²) < 4.78 is 1.83. The molecule has 108 valence electrons. The number of aryl methyl sites for hydroxylation is 2. The third-order valence-electron chi connectivity index (χ3n) is 3.23. The summed E-state index contributed by atoms with van der Waals surface area (Å²) in [6, 6.07) is 10.3. The molecule has 0 aliphatic rings. The average Bonchev–Trinajstić information content (AvgIpc) is 2.91. The summed E-state index contributed by atoms with van der Waals surface area (Å²) in [6.45, 7) is 5.06. The van der Waals surface area contributed by atoms with Gasteiger partial charge in [-0.15, -0.1) is 5.10 Å². The number of benzene rings is 1. The van der Waals surface area contributed by atoms with Gasteiger partial charge in [0.05, 0.1) is 6.04 Å². The molecule has 2 aromatic rings. The molecule has 6 nitrogen and oxygen atoms in total. The van der Waals surface area contributed by atoms with Crippen LogP contribution in [0.5, 0.6) is 0 Å². The largest absolute Gasteiger partial charge is 0.271 e. The first-order chi connectivity index (χ1) is 9.70. The quantitative estimate of drug-likeness (QED) is 0.590. The van der Waals surface area contributed by atoms with E-state index in [9.17, 15) is 0 Å². The minimum atomic E-state index is -0.0132. The van der Waals surface area contributed by atoms with Gasteiger partial charge >= 0.3 is 0 Å². The first-order valence-corrected chi connectivity index (χ1v) is 6.96. The molecular formula is C14H22N6. The SMILES string of the molecule is CC(C)CC(NN)c1nnnn1CCc1ccccc1. The topological polar surface area (TPSA) is 81.7 Å². The van der Waals surface area contributed by atoms with Crippen LogP contribution >= 0.6 is 0 Å². The van der Waals surface area contributed by atoms with Crippen molar-refractivity contribution in [2.45, 2.75) is 39.3 Å². The number of rotatable bonds is 7. The Morgan fingerprint density at radius 3 is 2.65 bits per heavy atom. The lowest BCUT2D eigenvalue weighted by Gasteiger charge is -2.17. The van der Waals surface area contributed by atoms with Gasteiger partial charge in [0.15, 0.2) is 5.82 Å². The van der Waals surface area contributed by atoms with E-state index < -0.39 is 0 Å². The standard InChI is InChI=1S/C14H22N6/c1-11(2)10-13(16-15)14-17-18-19-20(14)9-8-12-6-4-3-5-7-12/h3-7,11,13,16H,8-10,15H2,1-2H3. The predicted octanol–water partition coefficient (Wildman–Crippen LogP) is 1.47. The maximum atomic E-state index is 5.63. The molecule has 1 aromatic carbocycles. The number of hydrazine groups is 1. The molecular weight excluding hydrogens is 252 g/mol. The monoisotopic (exact) mass is 274 g/mol. The van der Waals surface area contributed by atoms with Crippen molar-refractivity contribution in [3.8, 4) is 0 Å². The lowest BCUT2D eigenvalue weighted by atomic mass is 10.0. The Balaban J connectivity index is 2.04. The number of nitrogens with two attached hydrogens (primary N) is 1. The Kier molecular flexibility index (Phi) is 5.20. The third kappa shape index (κ3) is 3.85. The smallest absolute Gasteiger partial charge is 0.169 e. The first-order valence-electron chi connectivity index (χ1n) is 6.96. The van der Waals surface area contributed by atoms with Crippen LogP contribution in [0.15, 0.2) is 30.3 Å². The van der Waals surface area contributed by atoms with Crippen molar-refractivity contribution in [1.29, 1.82) is 0 Å². The van der Waals surface area contributed by atoms with Gasteiger partial charge in [-0.25, -0.2) is 10.1 Å². The Morgan fingerprint density at radius 2 is 2.00 bits per heavy atom. The molecule has 0 fully saturated rings. The fourth-order valence-corrected chi connectivity index (χ4v) is 2.22. The summed E-state index contributed by atoms with van der Waals surface area (Å²) in [5.41, 5.74) is 4.08. The van der Waals surface area contributed by atoms with Crippen molar-refractivity contribution in [3.63, 3.8) is 0 Å². The fraction of sp³-hybridized carbons (Fsp3) is 0.500. The molecule has 0 aliphatic carbocycles. The minimum absolute atomic E-state index is 0.0132. The van der Waals surface area contributed by atoms with E-state index in [0.717, 1.165) is 25.2 Å². The average molecular weight is 274 g/mol. The molecule has 0 radical (unpaired) electrons. The van der Waals surface area contributed by atoms with Crippen LogP contribution in [-0.2, 0) is 13.0 Å². The number of tetrazole rings is 1. The molecule has 0 amide bonds. The second-order valence-corrected chi connectivity index (χ2v) is 5.34. The van der Waals surface area contributed by atoms with E-state index in [1.165, 1.54) is 5.56 Å². The molecule has 0 bridgehead atoms. The Bertz CT molecular complexity index is 507. The van der Waals surface area contributed by atoms with E-state index in [4.69, 9.17) is 5.84 Å². The summed E-state index contributed by atoms with van der Waals surface area (Å²) in [4.78, 5) is 0. The van der Waals surface area contributed by atoms with Crippen LogP contribution in [0.25, 0.3) is 0 Å². The van der Waals surface area contributed by atoms with Crippen LogP contribution < -0.4 is 11.3 Å². The normalized spacial score (nSPS) is 12.8. The zero-order valence-electron chi connectivity index (χ0n) is 12.0. The molecule has 0 saturated heterocycles.